The molecule has 7 heteroatoms. The molecule has 0 N–H and O–H groups in total. The first-order chi connectivity index (χ1) is 12.1. The number of cyclic esters (lactones) is 1. The number of carbonyl (C=O) groups is 3. The van der Waals surface area contributed by atoms with E-state index in [-0.39, 0.29) is 24.5 Å². The van der Waals surface area contributed by atoms with Crippen LogP contribution < -0.4 is 4.74 Å². The number of hydrogen-bond donors (Lipinski definition) is 0. The zero-order valence-electron chi connectivity index (χ0n) is 14.3. The normalized spacial score (nSPS) is 20.1. The summed E-state index contributed by atoms with van der Waals surface area (Å²) in [7, 11) is 0. The second kappa shape index (κ2) is 7.55. The Kier molecular flexibility index (Phi) is 5.21. The third-order valence-corrected chi connectivity index (χ3v) is 4.55. The van der Waals surface area contributed by atoms with E-state index < -0.39 is 6.09 Å². The third kappa shape index (κ3) is 3.75. The number of imide groups is 1. The van der Waals surface area contributed by atoms with Crippen LogP contribution in [0, 0.1) is 0 Å². The zero-order chi connectivity index (χ0) is 17.8. The molecule has 3 rings (SSSR count). The highest BCUT2D eigenvalue weighted by atomic mass is 16.6. The van der Waals surface area contributed by atoms with Crippen LogP contribution in [0.2, 0.25) is 0 Å². The first-order valence-corrected chi connectivity index (χ1v) is 8.57. The number of amides is 3. The number of para-hydroxylation sites is 1. The van der Waals surface area contributed by atoms with Crippen LogP contribution in [0.5, 0.6) is 5.75 Å². The summed E-state index contributed by atoms with van der Waals surface area (Å²) in [6.07, 6.45) is 0.966. The Bertz CT molecular complexity index is 659. The molecular formula is C18H22N2O5. The van der Waals surface area contributed by atoms with Crippen LogP contribution in [-0.4, -0.2) is 60.1 Å². The molecule has 1 aromatic carbocycles. The molecule has 1 atom stereocenters. The fourth-order valence-corrected chi connectivity index (χ4v) is 3.30. The highest BCUT2D eigenvalue weighted by Crippen LogP contribution is 2.23. The van der Waals surface area contributed by atoms with Gasteiger partial charge in [0.2, 0.25) is 5.91 Å². The van der Waals surface area contributed by atoms with E-state index in [0.29, 0.717) is 39.0 Å². The Morgan fingerprint density at radius 1 is 1.32 bits per heavy atom. The summed E-state index contributed by atoms with van der Waals surface area (Å²) >= 11 is 0. The molecule has 2 heterocycles. The number of aryl methyl sites for hydroxylation is 1. The van der Waals surface area contributed by atoms with Crippen molar-refractivity contribution in [2.75, 3.05) is 26.3 Å². The van der Waals surface area contributed by atoms with E-state index in [1.807, 2.05) is 31.2 Å². The van der Waals surface area contributed by atoms with Crippen molar-refractivity contribution >= 4 is 17.9 Å². The Labute approximate surface area is 146 Å². The molecule has 2 saturated heterocycles. The van der Waals surface area contributed by atoms with Crippen molar-refractivity contribution < 1.29 is 23.9 Å². The molecule has 7 nitrogen and oxygen atoms in total. The van der Waals surface area contributed by atoms with Gasteiger partial charge in [-0.15, -0.1) is 0 Å². The second-order valence-electron chi connectivity index (χ2n) is 6.14. The molecule has 3 amide bonds. The lowest BCUT2D eigenvalue weighted by Gasteiger charge is -2.20. The quantitative estimate of drug-likeness (QED) is 0.782. The Balaban J connectivity index is 1.55. The van der Waals surface area contributed by atoms with Crippen LogP contribution in [0.1, 0.15) is 25.3 Å². The zero-order valence-corrected chi connectivity index (χ0v) is 14.3. The highest BCUT2D eigenvalue weighted by Gasteiger charge is 2.41. The summed E-state index contributed by atoms with van der Waals surface area (Å²) in [5, 5.41) is 0. The predicted molar refractivity (Wildman–Crippen MR) is 89.1 cm³/mol. The molecule has 0 spiro atoms. The van der Waals surface area contributed by atoms with Gasteiger partial charge < -0.3 is 14.4 Å². The molecule has 25 heavy (non-hydrogen) atoms. The molecule has 2 aliphatic rings. The summed E-state index contributed by atoms with van der Waals surface area (Å²) < 4.78 is 10.3. The second-order valence-corrected chi connectivity index (χ2v) is 6.14. The Morgan fingerprint density at radius 2 is 2.12 bits per heavy atom. The van der Waals surface area contributed by atoms with E-state index in [1.165, 1.54) is 0 Å². The van der Waals surface area contributed by atoms with Gasteiger partial charge in [0, 0.05) is 19.5 Å². The Hall–Kier alpha value is -2.57. The lowest BCUT2D eigenvalue weighted by molar-refractivity contribution is -0.131. The van der Waals surface area contributed by atoms with Crippen molar-refractivity contribution in [1.82, 2.24) is 9.80 Å². The first kappa shape index (κ1) is 17.3. The molecule has 0 aliphatic carbocycles. The van der Waals surface area contributed by atoms with Crippen LogP contribution in [0.3, 0.4) is 0 Å². The van der Waals surface area contributed by atoms with Gasteiger partial charge in [0.05, 0.1) is 12.6 Å². The molecule has 0 unspecified atom stereocenters. The molecule has 0 saturated carbocycles. The van der Waals surface area contributed by atoms with Crippen LogP contribution >= 0.6 is 0 Å². The third-order valence-electron chi connectivity index (χ3n) is 4.55. The summed E-state index contributed by atoms with van der Waals surface area (Å²) in [5.41, 5.74) is 1.01. The van der Waals surface area contributed by atoms with Crippen molar-refractivity contribution in [2.24, 2.45) is 0 Å². The van der Waals surface area contributed by atoms with E-state index in [9.17, 15) is 14.4 Å². The van der Waals surface area contributed by atoms with Crippen LogP contribution in [0.25, 0.3) is 0 Å². The maximum Gasteiger partial charge on any atom is 0.417 e. The van der Waals surface area contributed by atoms with Gasteiger partial charge in [0.25, 0.3) is 5.91 Å². The number of hydrogen-bond acceptors (Lipinski definition) is 5. The number of nitrogens with zero attached hydrogens (tertiary/aromatic N) is 2. The van der Waals surface area contributed by atoms with Crippen molar-refractivity contribution in [2.45, 2.75) is 32.2 Å². The van der Waals surface area contributed by atoms with Crippen LogP contribution in [0.15, 0.2) is 24.3 Å². The van der Waals surface area contributed by atoms with Gasteiger partial charge in [-0.1, -0.05) is 18.2 Å². The minimum absolute atomic E-state index is 0.0221. The molecule has 2 aliphatic heterocycles. The topological polar surface area (TPSA) is 76.2 Å². The largest absolute Gasteiger partial charge is 0.494 e. The van der Waals surface area contributed by atoms with E-state index in [4.69, 9.17) is 9.47 Å². The number of likely N-dealkylation sites (tertiary alicyclic amines) is 1. The van der Waals surface area contributed by atoms with E-state index in [2.05, 4.69) is 0 Å². The van der Waals surface area contributed by atoms with Gasteiger partial charge in [-0.25, -0.2) is 9.69 Å². The summed E-state index contributed by atoms with van der Waals surface area (Å²) in [5.74, 6) is 0.506. The summed E-state index contributed by atoms with van der Waals surface area (Å²) in [4.78, 5) is 38.7. The Morgan fingerprint density at radius 3 is 2.84 bits per heavy atom. The van der Waals surface area contributed by atoms with Crippen molar-refractivity contribution in [3.63, 3.8) is 0 Å². The van der Waals surface area contributed by atoms with Crippen LogP contribution in [0.4, 0.5) is 4.79 Å². The minimum atomic E-state index is -0.602. The molecular weight excluding hydrogens is 324 g/mol. The minimum Gasteiger partial charge on any atom is -0.494 e. The number of rotatable bonds is 6. The van der Waals surface area contributed by atoms with Crippen molar-refractivity contribution in [1.29, 1.82) is 0 Å². The number of benzene rings is 1. The lowest BCUT2D eigenvalue weighted by Crippen LogP contribution is -2.42. The fourth-order valence-electron chi connectivity index (χ4n) is 3.30. The van der Waals surface area contributed by atoms with Gasteiger partial charge in [-0.05, 0) is 31.4 Å². The van der Waals surface area contributed by atoms with Gasteiger partial charge in [0.15, 0.2) is 6.61 Å². The standard InChI is InChI=1S/C18H22N2O5/c1-2-24-15-6-4-3-5-13(15)7-8-16(21)19-10-9-14(11-19)20-17(22)12-25-18(20)23/h3-6,14H,2,7-12H2,1H3/t14-/m1/s1. The molecule has 0 aromatic heterocycles. The van der Waals surface area contributed by atoms with E-state index in [1.54, 1.807) is 4.90 Å². The first-order valence-electron chi connectivity index (χ1n) is 8.57. The lowest BCUT2D eigenvalue weighted by atomic mass is 10.1. The van der Waals surface area contributed by atoms with Gasteiger partial charge >= 0.3 is 6.09 Å². The van der Waals surface area contributed by atoms with Gasteiger partial charge in [-0.2, -0.15) is 0 Å². The highest BCUT2D eigenvalue weighted by molar-refractivity contribution is 5.98. The van der Waals surface area contributed by atoms with E-state index >= 15 is 0 Å². The van der Waals surface area contributed by atoms with Crippen LogP contribution in [-0.2, 0) is 20.7 Å². The summed E-state index contributed by atoms with van der Waals surface area (Å²) in [6, 6.07) is 7.43. The predicted octanol–water partition coefficient (Wildman–Crippen LogP) is 1.60. The van der Waals surface area contributed by atoms with Crippen molar-refractivity contribution in [3.05, 3.63) is 29.8 Å². The summed E-state index contributed by atoms with van der Waals surface area (Å²) in [6.45, 7) is 3.24. The monoisotopic (exact) mass is 346 g/mol. The van der Waals surface area contributed by atoms with Crippen molar-refractivity contribution in [3.8, 4) is 5.75 Å². The molecule has 2 fully saturated rings. The SMILES string of the molecule is CCOc1ccccc1CCC(=O)N1CC[C@@H](N2C(=O)COC2=O)C1. The fraction of sp³-hybridized carbons (Fsp3) is 0.500. The molecule has 1 aromatic rings. The average molecular weight is 346 g/mol. The number of ether oxygens (including phenoxy) is 2. The van der Waals surface area contributed by atoms with Gasteiger partial charge in [-0.3, -0.25) is 9.59 Å². The van der Waals surface area contributed by atoms with Gasteiger partial charge in [0.1, 0.15) is 5.75 Å². The maximum atomic E-state index is 12.5. The number of carbonyl (C=O) groups excluding carboxylic acids is 3. The smallest absolute Gasteiger partial charge is 0.417 e. The molecule has 134 valence electrons. The molecule has 0 radical (unpaired) electrons. The maximum absolute atomic E-state index is 12.5. The average Bonchev–Trinajstić information content (AvgIpc) is 3.21. The van der Waals surface area contributed by atoms with E-state index in [0.717, 1.165) is 16.2 Å². The molecule has 0 bridgehead atoms.